The molecule has 2 heterocycles. The summed E-state index contributed by atoms with van der Waals surface area (Å²) in [6, 6.07) is 6.86. The molecule has 1 aliphatic heterocycles. The zero-order valence-electron chi connectivity index (χ0n) is 9.52. The number of carbonyl (C=O) groups is 2. The Labute approximate surface area is 126 Å². The second-order valence-corrected chi connectivity index (χ2v) is 6.37. The van der Waals surface area contributed by atoms with Gasteiger partial charge < -0.3 is 0 Å². The maximum absolute atomic E-state index is 12.0. The summed E-state index contributed by atoms with van der Waals surface area (Å²) >= 11 is 10.8. The Hall–Kier alpha value is -1.17. The van der Waals surface area contributed by atoms with Crippen LogP contribution >= 0.6 is 38.9 Å². The van der Waals surface area contributed by atoms with Crippen LogP contribution in [-0.2, 0) is 11.3 Å². The largest absolute Gasteiger partial charge is 0.299 e. The molecule has 0 saturated heterocycles. The summed E-state index contributed by atoms with van der Waals surface area (Å²) in [6.07, 6.45) is 0. The van der Waals surface area contributed by atoms with Gasteiger partial charge in [-0.2, -0.15) is 0 Å². The van der Waals surface area contributed by atoms with Gasteiger partial charge in [0.15, 0.2) is 0 Å². The first-order valence-electron chi connectivity index (χ1n) is 5.45. The molecule has 0 radical (unpaired) electrons. The normalized spacial score (nSPS) is 14.1. The number of nitrogens with zero attached hydrogens (tertiary/aromatic N) is 1. The van der Waals surface area contributed by atoms with E-state index in [-0.39, 0.29) is 0 Å². The number of halogens is 2. The lowest BCUT2D eigenvalue weighted by molar-refractivity contribution is -0.114. The van der Waals surface area contributed by atoms with Crippen molar-refractivity contribution in [1.29, 1.82) is 0 Å². The van der Waals surface area contributed by atoms with Crippen molar-refractivity contribution in [1.82, 2.24) is 0 Å². The maximum Gasteiger partial charge on any atom is 0.299 e. The molecule has 0 aliphatic carbocycles. The van der Waals surface area contributed by atoms with Crippen LogP contribution in [0, 0.1) is 0 Å². The highest BCUT2D eigenvalue weighted by Crippen LogP contribution is 2.34. The molecule has 0 N–H and O–H groups in total. The predicted molar refractivity (Wildman–Crippen MR) is 79.0 cm³/mol. The number of carbonyl (C=O) groups excluding carboxylic acids is 2. The minimum atomic E-state index is -0.502. The molecular formula is C13H7BrClNO2S. The van der Waals surface area contributed by atoms with Crippen LogP contribution in [0.5, 0.6) is 0 Å². The molecule has 0 spiro atoms. The van der Waals surface area contributed by atoms with Gasteiger partial charge in [0.05, 0.1) is 17.8 Å². The maximum atomic E-state index is 12.0. The molecule has 96 valence electrons. The van der Waals surface area contributed by atoms with E-state index in [1.165, 1.54) is 16.2 Å². The van der Waals surface area contributed by atoms with Crippen LogP contribution in [0.1, 0.15) is 15.2 Å². The van der Waals surface area contributed by atoms with Gasteiger partial charge in [0.25, 0.3) is 11.7 Å². The highest BCUT2D eigenvalue weighted by atomic mass is 79.9. The smallest absolute Gasteiger partial charge is 0.299 e. The molecule has 3 rings (SSSR count). The standard InChI is InChI=1S/C13H7BrClNO2S/c14-9-3-4-19-11(9)6-16-10-2-1-7(15)5-8(10)12(17)13(16)18/h1-5H,6H2. The average Bonchev–Trinajstić information content (AvgIpc) is 2.88. The van der Waals surface area contributed by atoms with Gasteiger partial charge >= 0.3 is 0 Å². The van der Waals surface area contributed by atoms with Crippen molar-refractivity contribution < 1.29 is 9.59 Å². The summed E-state index contributed by atoms with van der Waals surface area (Å²) in [4.78, 5) is 26.4. The molecule has 0 fully saturated rings. The Morgan fingerprint density at radius 1 is 1.26 bits per heavy atom. The van der Waals surface area contributed by atoms with Gasteiger partial charge in [-0.1, -0.05) is 11.6 Å². The first kappa shape index (κ1) is 12.8. The second-order valence-electron chi connectivity index (χ2n) is 4.07. The van der Waals surface area contributed by atoms with Crippen molar-refractivity contribution in [3.63, 3.8) is 0 Å². The first-order chi connectivity index (χ1) is 9.08. The van der Waals surface area contributed by atoms with E-state index >= 15 is 0 Å². The minimum absolute atomic E-state index is 0.380. The number of thiophene rings is 1. The van der Waals surface area contributed by atoms with Gasteiger partial charge in [-0.3, -0.25) is 14.5 Å². The molecule has 3 nitrogen and oxygen atoms in total. The van der Waals surface area contributed by atoms with Gasteiger partial charge in [0.2, 0.25) is 0 Å². The summed E-state index contributed by atoms with van der Waals surface area (Å²) in [5.41, 5.74) is 1.00. The lowest BCUT2D eigenvalue weighted by Gasteiger charge is -2.15. The number of amides is 1. The number of ketones is 1. The molecule has 1 aromatic carbocycles. The van der Waals surface area contributed by atoms with E-state index in [2.05, 4.69) is 15.9 Å². The molecule has 2 aromatic rings. The van der Waals surface area contributed by atoms with Crippen LogP contribution in [0.25, 0.3) is 0 Å². The third-order valence-electron chi connectivity index (χ3n) is 2.93. The number of anilines is 1. The van der Waals surface area contributed by atoms with Crippen LogP contribution in [0.3, 0.4) is 0 Å². The SMILES string of the molecule is O=C1C(=O)N(Cc2sccc2Br)c2ccc(Cl)cc21. The highest BCUT2D eigenvalue weighted by Gasteiger charge is 2.36. The molecule has 0 bridgehead atoms. The fourth-order valence-corrected chi connectivity index (χ4v) is 3.65. The van der Waals surface area contributed by atoms with Crippen LogP contribution in [-0.4, -0.2) is 11.7 Å². The Bertz CT molecular complexity index is 698. The molecule has 0 saturated carbocycles. The molecular weight excluding hydrogens is 350 g/mol. The topological polar surface area (TPSA) is 37.4 Å². The van der Waals surface area contributed by atoms with E-state index < -0.39 is 11.7 Å². The fraction of sp³-hybridized carbons (Fsp3) is 0.0769. The van der Waals surface area contributed by atoms with Gasteiger partial charge in [-0.15, -0.1) is 11.3 Å². The third-order valence-corrected chi connectivity index (χ3v) is 5.07. The third kappa shape index (κ3) is 2.12. The number of hydrogen-bond donors (Lipinski definition) is 0. The van der Waals surface area contributed by atoms with Crippen molar-refractivity contribution >= 4 is 56.2 Å². The van der Waals surface area contributed by atoms with E-state index in [0.717, 1.165) is 9.35 Å². The molecule has 19 heavy (non-hydrogen) atoms. The van der Waals surface area contributed by atoms with Crippen molar-refractivity contribution in [3.8, 4) is 0 Å². The minimum Gasteiger partial charge on any atom is -0.299 e. The predicted octanol–water partition coefficient (Wildman–Crippen LogP) is 3.89. The van der Waals surface area contributed by atoms with Crippen LogP contribution in [0.15, 0.2) is 34.1 Å². The summed E-state index contributed by atoms with van der Waals surface area (Å²) in [7, 11) is 0. The van der Waals surface area contributed by atoms with E-state index in [1.54, 1.807) is 18.2 Å². The number of rotatable bonds is 2. The van der Waals surface area contributed by atoms with Crippen LogP contribution in [0.2, 0.25) is 5.02 Å². The molecule has 0 atom stereocenters. The summed E-state index contributed by atoms with van der Waals surface area (Å²) < 4.78 is 0.945. The number of benzene rings is 1. The highest BCUT2D eigenvalue weighted by molar-refractivity contribution is 9.10. The van der Waals surface area contributed by atoms with Gasteiger partial charge in [-0.05, 0) is 45.6 Å². The van der Waals surface area contributed by atoms with Gasteiger partial charge in [-0.25, -0.2) is 0 Å². The molecule has 6 heteroatoms. The summed E-state index contributed by atoms with van der Waals surface area (Å²) in [5, 5.41) is 2.39. The van der Waals surface area contributed by atoms with Crippen molar-refractivity contribution in [2.75, 3.05) is 4.90 Å². The number of fused-ring (bicyclic) bond motifs is 1. The van der Waals surface area contributed by atoms with Gasteiger partial charge in [0.1, 0.15) is 0 Å². The van der Waals surface area contributed by atoms with E-state index in [0.29, 0.717) is 22.8 Å². The lowest BCUT2D eigenvalue weighted by atomic mass is 10.1. The van der Waals surface area contributed by atoms with Gasteiger partial charge in [0, 0.05) is 14.4 Å². The lowest BCUT2D eigenvalue weighted by Crippen LogP contribution is -2.28. The van der Waals surface area contributed by atoms with Crippen molar-refractivity contribution in [2.24, 2.45) is 0 Å². The van der Waals surface area contributed by atoms with Crippen molar-refractivity contribution in [2.45, 2.75) is 6.54 Å². The Kier molecular flexibility index (Phi) is 3.20. The Morgan fingerprint density at radius 2 is 2.05 bits per heavy atom. The quantitative estimate of drug-likeness (QED) is 0.766. The van der Waals surface area contributed by atoms with E-state index in [1.807, 2.05) is 11.4 Å². The van der Waals surface area contributed by atoms with E-state index in [9.17, 15) is 9.59 Å². The van der Waals surface area contributed by atoms with E-state index in [4.69, 9.17) is 11.6 Å². The molecule has 1 amide bonds. The molecule has 1 aliphatic rings. The van der Waals surface area contributed by atoms with Crippen LogP contribution < -0.4 is 4.90 Å². The first-order valence-corrected chi connectivity index (χ1v) is 7.50. The monoisotopic (exact) mass is 355 g/mol. The summed E-state index contributed by atoms with van der Waals surface area (Å²) in [5.74, 6) is -0.997. The number of hydrogen-bond acceptors (Lipinski definition) is 3. The van der Waals surface area contributed by atoms with Crippen LogP contribution in [0.4, 0.5) is 5.69 Å². The fourth-order valence-electron chi connectivity index (χ4n) is 2.01. The average molecular weight is 357 g/mol. The second kappa shape index (κ2) is 4.74. The zero-order valence-corrected chi connectivity index (χ0v) is 12.7. The number of Topliss-reactive ketones (excluding diaryl/α,β-unsaturated/α-hetero) is 1. The van der Waals surface area contributed by atoms with Crippen molar-refractivity contribution in [3.05, 3.63) is 49.6 Å². The zero-order chi connectivity index (χ0) is 13.6. The Morgan fingerprint density at radius 3 is 2.74 bits per heavy atom. The molecule has 0 unspecified atom stereocenters. The molecule has 1 aromatic heterocycles. The Balaban J connectivity index is 2.02. The summed E-state index contributed by atoms with van der Waals surface area (Å²) in [6.45, 7) is 0.386.